The minimum Gasteiger partial charge on any atom is -0.0983 e. The van der Waals surface area contributed by atoms with Gasteiger partial charge in [-0.05, 0) is 26.1 Å². The minimum atomic E-state index is -0.109. The zero-order valence-corrected chi connectivity index (χ0v) is 7.91. The van der Waals surface area contributed by atoms with E-state index in [2.05, 4.69) is 32.6 Å². The highest BCUT2D eigenvalue weighted by molar-refractivity contribution is 7.63. The molecule has 0 heterocycles. The van der Waals surface area contributed by atoms with Crippen LogP contribution < -0.4 is 0 Å². The van der Waals surface area contributed by atoms with Crippen molar-refractivity contribution in [2.45, 2.75) is 13.8 Å². The van der Waals surface area contributed by atoms with Gasteiger partial charge in [-0.2, -0.15) is 0 Å². The third-order valence-electron chi connectivity index (χ3n) is 1.36. The molecule has 0 aliphatic rings. The molecule has 56 valence electrons. The molecule has 0 aliphatic carbocycles. The first-order chi connectivity index (χ1) is 4.57. The van der Waals surface area contributed by atoms with Crippen molar-refractivity contribution in [3.63, 3.8) is 0 Å². The molecule has 0 aliphatic heterocycles. The summed E-state index contributed by atoms with van der Waals surface area (Å²) in [6, 6.07) is 0. The Labute approximate surface area is 65.1 Å². The smallest absolute Gasteiger partial charge is 0.0375 e. The molecule has 0 aromatic heterocycles. The number of allylic oxidation sites excluding steroid dienone is 2. The molecule has 0 spiro atoms. The Bertz CT molecular complexity index is 166. The third-order valence-corrected chi connectivity index (χ3v) is 2.73. The fourth-order valence-corrected chi connectivity index (χ4v) is 1.41. The Hall–Kier alpha value is -0.350. The van der Waals surface area contributed by atoms with Gasteiger partial charge in [0.25, 0.3) is 0 Å². The highest BCUT2D eigenvalue weighted by Crippen LogP contribution is 2.35. The summed E-state index contributed by atoms with van der Waals surface area (Å²) in [6.07, 6.45) is 0. The van der Waals surface area contributed by atoms with Crippen LogP contribution >= 0.6 is 7.92 Å². The molecule has 1 heteroatoms. The lowest BCUT2D eigenvalue weighted by atomic mass is 10.2. The molecule has 0 radical (unpaired) electrons. The van der Waals surface area contributed by atoms with Crippen molar-refractivity contribution < 1.29 is 0 Å². The van der Waals surface area contributed by atoms with E-state index in [1.807, 2.05) is 12.7 Å². The van der Waals surface area contributed by atoms with E-state index in [-0.39, 0.29) is 7.92 Å². The standard InChI is InChI=1S/C9H15P/c1-6-10(5)7-9(4)8(2)3/h6-7H,1-2H2,3-5H3/b9-7+. The summed E-state index contributed by atoms with van der Waals surface area (Å²) < 4.78 is 0. The molecule has 0 nitrogen and oxygen atoms in total. The second-order valence-corrected chi connectivity index (χ2v) is 4.39. The Morgan fingerprint density at radius 2 is 1.90 bits per heavy atom. The van der Waals surface area contributed by atoms with Crippen LogP contribution in [0.25, 0.3) is 0 Å². The van der Waals surface area contributed by atoms with Gasteiger partial charge in [0.1, 0.15) is 0 Å². The van der Waals surface area contributed by atoms with E-state index in [4.69, 9.17) is 0 Å². The zero-order chi connectivity index (χ0) is 8.15. The summed E-state index contributed by atoms with van der Waals surface area (Å²) in [5.74, 6) is 4.21. The van der Waals surface area contributed by atoms with Gasteiger partial charge in [0, 0.05) is 0 Å². The van der Waals surface area contributed by atoms with Crippen molar-refractivity contribution in [3.05, 3.63) is 35.9 Å². The maximum absolute atomic E-state index is 3.85. The molecule has 0 amide bonds. The second kappa shape index (κ2) is 4.46. The van der Waals surface area contributed by atoms with Gasteiger partial charge in [0.05, 0.1) is 0 Å². The fraction of sp³-hybridized carbons (Fsp3) is 0.333. The fourth-order valence-electron chi connectivity index (χ4n) is 0.468. The summed E-state index contributed by atoms with van der Waals surface area (Å²) in [5.41, 5.74) is 2.43. The van der Waals surface area contributed by atoms with Gasteiger partial charge in [-0.3, -0.25) is 0 Å². The molecular weight excluding hydrogens is 139 g/mol. The van der Waals surface area contributed by atoms with Crippen LogP contribution in [0.3, 0.4) is 0 Å². The summed E-state index contributed by atoms with van der Waals surface area (Å²) >= 11 is 0. The molecule has 0 rings (SSSR count). The van der Waals surface area contributed by atoms with Crippen LogP contribution in [0.4, 0.5) is 0 Å². The SMILES string of the molecule is C=CP(C)/C=C(\C)C(=C)C. The van der Waals surface area contributed by atoms with E-state index in [1.54, 1.807) is 0 Å². The van der Waals surface area contributed by atoms with E-state index in [1.165, 1.54) is 5.57 Å². The monoisotopic (exact) mass is 154 g/mol. The van der Waals surface area contributed by atoms with Gasteiger partial charge >= 0.3 is 0 Å². The predicted octanol–water partition coefficient (Wildman–Crippen LogP) is 3.72. The second-order valence-electron chi connectivity index (χ2n) is 2.44. The first-order valence-electron chi connectivity index (χ1n) is 3.26. The van der Waals surface area contributed by atoms with Crippen molar-refractivity contribution in [1.29, 1.82) is 0 Å². The van der Waals surface area contributed by atoms with Crippen molar-refractivity contribution >= 4 is 7.92 Å². The number of hydrogen-bond acceptors (Lipinski definition) is 0. The summed E-state index contributed by atoms with van der Waals surface area (Å²) in [5, 5.41) is 0. The van der Waals surface area contributed by atoms with E-state index in [0.29, 0.717) is 0 Å². The van der Waals surface area contributed by atoms with Crippen molar-refractivity contribution in [2.24, 2.45) is 0 Å². The lowest BCUT2D eigenvalue weighted by Gasteiger charge is -2.02. The van der Waals surface area contributed by atoms with E-state index < -0.39 is 0 Å². The van der Waals surface area contributed by atoms with Gasteiger partial charge in [-0.1, -0.05) is 38.3 Å². The molecule has 10 heavy (non-hydrogen) atoms. The molecule has 0 N–H and O–H groups in total. The van der Waals surface area contributed by atoms with Crippen LogP contribution in [0.5, 0.6) is 0 Å². The molecule has 0 saturated heterocycles. The Kier molecular flexibility index (Phi) is 4.31. The van der Waals surface area contributed by atoms with Gasteiger partial charge in [-0.15, -0.1) is 0 Å². The molecule has 1 unspecified atom stereocenters. The maximum Gasteiger partial charge on any atom is -0.0375 e. The van der Waals surface area contributed by atoms with Crippen molar-refractivity contribution in [3.8, 4) is 0 Å². The Morgan fingerprint density at radius 1 is 1.40 bits per heavy atom. The van der Waals surface area contributed by atoms with E-state index in [0.717, 1.165) is 5.57 Å². The minimum absolute atomic E-state index is 0.109. The van der Waals surface area contributed by atoms with Crippen LogP contribution in [0, 0.1) is 0 Å². The Morgan fingerprint density at radius 3 is 2.20 bits per heavy atom. The van der Waals surface area contributed by atoms with Crippen molar-refractivity contribution in [1.82, 2.24) is 0 Å². The summed E-state index contributed by atoms with van der Waals surface area (Å²) in [4.78, 5) is 0. The number of rotatable bonds is 3. The predicted molar refractivity (Wildman–Crippen MR) is 51.6 cm³/mol. The van der Waals surface area contributed by atoms with Gasteiger partial charge in [0.15, 0.2) is 0 Å². The molecule has 0 aromatic rings. The third kappa shape index (κ3) is 3.63. The summed E-state index contributed by atoms with van der Waals surface area (Å²) in [7, 11) is -0.109. The largest absolute Gasteiger partial charge is 0.0983 e. The van der Waals surface area contributed by atoms with Crippen LogP contribution in [0.2, 0.25) is 0 Å². The van der Waals surface area contributed by atoms with Crippen LogP contribution in [0.1, 0.15) is 13.8 Å². The first kappa shape index (κ1) is 9.65. The lowest BCUT2D eigenvalue weighted by molar-refractivity contribution is 1.38. The van der Waals surface area contributed by atoms with Gasteiger partial charge in [0.2, 0.25) is 0 Å². The molecule has 0 saturated carbocycles. The molecule has 0 bridgehead atoms. The topological polar surface area (TPSA) is 0 Å². The molecular formula is C9H15P. The average Bonchev–Trinajstić information content (AvgIpc) is 1.87. The van der Waals surface area contributed by atoms with Crippen LogP contribution in [-0.4, -0.2) is 6.66 Å². The quantitative estimate of drug-likeness (QED) is 0.429. The molecule has 0 fully saturated rings. The highest BCUT2D eigenvalue weighted by atomic mass is 31.1. The van der Waals surface area contributed by atoms with Crippen LogP contribution in [-0.2, 0) is 0 Å². The van der Waals surface area contributed by atoms with Gasteiger partial charge < -0.3 is 0 Å². The molecule has 0 aromatic carbocycles. The zero-order valence-electron chi connectivity index (χ0n) is 7.02. The van der Waals surface area contributed by atoms with E-state index >= 15 is 0 Å². The normalized spacial score (nSPS) is 14.5. The first-order valence-corrected chi connectivity index (χ1v) is 5.19. The van der Waals surface area contributed by atoms with E-state index in [9.17, 15) is 0 Å². The highest BCUT2D eigenvalue weighted by Gasteiger charge is 1.91. The number of hydrogen-bond donors (Lipinski definition) is 0. The van der Waals surface area contributed by atoms with Crippen LogP contribution in [0.15, 0.2) is 35.9 Å². The summed E-state index contributed by atoms with van der Waals surface area (Å²) in [6.45, 7) is 13.9. The van der Waals surface area contributed by atoms with Gasteiger partial charge in [-0.25, -0.2) is 0 Å². The Balaban J connectivity index is 4.15. The lowest BCUT2D eigenvalue weighted by Crippen LogP contribution is -1.73. The van der Waals surface area contributed by atoms with Crippen molar-refractivity contribution in [2.75, 3.05) is 6.66 Å². The molecule has 1 atom stereocenters. The maximum atomic E-state index is 3.85. The average molecular weight is 154 g/mol.